The molecule has 0 fully saturated rings. The van der Waals surface area contributed by atoms with Gasteiger partial charge in [0.05, 0.1) is 33.6 Å². The second kappa shape index (κ2) is 10.9. The van der Waals surface area contributed by atoms with Crippen LogP contribution in [0.1, 0.15) is 11.1 Å². The summed E-state index contributed by atoms with van der Waals surface area (Å²) in [6, 6.07) is 22.7. The van der Waals surface area contributed by atoms with E-state index in [9.17, 15) is 4.79 Å². The Labute approximate surface area is 209 Å². The highest BCUT2D eigenvalue weighted by Gasteiger charge is 2.16. The van der Waals surface area contributed by atoms with E-state index in [1.807, 2.05) is 77.7 Å². The molecular formula is C27H27N3O4S. The first-order valence-corrected chi connectivity index (χ1v) is 11.4. The average molecular weight is 490 g/mol. The van der Waals surface area contributed by atoms with Crippen molar-refractivity contribution in [2.75, 3.05) is 26.6 Å². The number of nitrogens with zero attached hydrogens (tertiary/aromatic N) is 1. The Bertz CT molecular complexity index is 1390. The number of fused-ring (bicyclic) bond motifs is 1. The van der Waals surface area contributed by atoms with Gasteiger partial charge in [-0.2, -0.15) is 0 Å². The molecule has 0 saturated carbocycles. The molecule has 0 aliphatic heterocycles. The van der Waals surface area contributed by atoms with Gasteiger partial charge in [0, 0.05) is 23.0 Å². The Balaban J connectivity index is 1.67. The quantitative estimate of drug-likeness (QED) is 0.339. The number of methoxy groups -OCH3 is 3. The van der Waals surface area contributed by atoms with E-state index in [-0.39, 0.29) is 5.56 Å². The number of para-hydroxylation sites is 2. The summed E-state index contributed by atoms with van der Waals surface area (Å²) in [6.45, 7) is 0.788. The number of aromatic nitrogens is 1. The van der Waals surface area contributed by atoms with Crippen LogP contribution in [0.25, 0.3) is 10.9 Å². The van der Waals surface area contributed by atoms with Crippen molar-refractivity contribution < 1.29 is 14.2 Å². The zero-order valence-electron chi connectivity index (χ0n) is 19.8. The van der Waals surface area contributed by atoms with Crippen molar-refractivity contribution in [2.24, 2.45) is 0 Å². The normalized spacial score (nSPS) is 10.6. The van der Waals surface area contributed by atoms with Crippen molar-refractivity contribution in [3.8, 4) is 17.2 Å². The largest absolute Gasteiger partial charge is 0.497 e. The predicted molar refractivity (Wildman–Crippen MR) is 143 cm³/mol. The van der Waals surface area contributed by atoms with Crippen LogP contribution in [0.3, 0.4) is 0 Å². The van der Waals surface area contributed by atoms with Gasteiger partial charge in [-0.05, 0) is 66.3 Å². The molecule has 35 heavy (non-hydrogen) atoms. The molecule has 3 aromatic carbocycles. The van der Waals surface area contributed by atoms with E-state index in [1.54, 1.807) is 21.3 Å². The van der Waals surface area contributed by atoms with Gasteiger partial charge in [0.2, 0.25) is 0 Å². The number of H-pyrrole nitrogens is 1. The highest BCUT2D eigenvalue weighted by atomic mass is 32.1. The third-order valence-corrected chi connectivity index (χ3v) is 6.02. The van der Waals surface area contributed by atoms with Crippen LogP contribution in [0.15, 0.2) is 77.6 Å². The number of benzene rings is 3. The highest BCUT2D eigenvalue weighted by Crippen LogP contribution is 2.25. The minimum absolute atomic E-state index is 0.164. The number of hydrogen-bond acceptors (Lipinski definition) is 5. The molecule has 0 aliphatic carbocycles. The van der Waals surface area contributed by atoms with Crippen LogP contribution in [0.2, 0.25) is 0 Å². The molecule has 4 rings (SSSR count). The summed E-state index contributed by atoms with van der Waals surface area (Å²) < 4.78 is 16.1. The van der Waals surface area contributed by atoms with Gasteiger partial charge in [-0.3, -0.25) is 4.79 Å². The van der Waals surface area contributed by atoms with Crippen LogP contribution < -0.4 is 25.1 Å². The third-order valence-electron chi connectivity index (χ3n) is 5.66. The maximum absolute atomic E-state index is 12.9. The Morgan fingerprint density at radius 1 is 0.886 bits per heavy atom. The van der Waals surface area contributed by atoms with Gasteiger partial charge in [-0.1, -0.05) is 24.3 Å². The molecular weight excluding hydrogens is 462 g/mol. The smallest absolute Gasteiger partial charge is 0.253 e. The van der Waals surface area contributed by atoms with E-state index in [1.165, 1.54) is 0 Å². The van der Waals surface area contributed by atoms with Crippen LogP contribution in [0.5, 0.6) is 17.2 Å². The van der Waals surface area contributed by atoms with Gasteiger partial charge in [0.15, 0.2) is 5.11 Å². The molecule has 0 amide bonds. The highest BCUT2D eigenvalue weighted by molar-refractivity contribution is 7.80. The van der Waals surface area contributed by atoms with Crippen LogP contribution in [0.4, 0.5) is 5.69 Å². The molecule has 0 spiro atoms. The minimum Gasteiger partial charge on any atom is -0.497 e. The SMILES string of the molecule is COc1ccc(CN(Cc2cc3cc(OC)ccc3[nH]c2=O)C(=S)Nc2ccccc2OC)cc1. The molecule has 0 unspecified atom stereocenters. The lowest BCUT2D eigenvalue weighted by molar-refractivity contribution is 0.404. The Hall–Kier alpha value is -4.04. The van der Waals surface area contributed by atoms with Crippen LogP contribution in [-0.2, 0) is 13.1 Å². The Kier molecular flexibility index (Phi) is 7.52. The summed E-state index contributed by atoms with van der Waals surface area (Å²) in [6.07, 6.45) is 0. The first kappa shape index (κ1) is 24.1. The molecule has 8 heteroatoms. The summed E-state index contributed by atoms with van der Waals surface area (Å²) in [4.78, 5) is 17.8. The number of nitrogens with one attached hydrogen (secondary N) is 2. The maximum Gasteiger partial charge on any atom is 0.253 e. The topological polar surface area (TPSA) is 75.8 Å². The molecule has 0 bridgehead atoms. The van der Waals surface area contributed by atoms with Gasteiger partial charge < -0.3 is 29.4 Å². The standard InChI is InChI=1S/C27H27N3O4S/c1-32-21-10-8-18(9-11-21)16-30(27(35)29-24-6-4-5-7-25(24)34-3)17-20-14-19-15-22(33-2)12-13-23(19)28-26(20)31/h4-15H,16-17H2,1-3H3,(H,28,31)(H,29,35). The van der Waals surface area contributed by atoms with E-state index < -0.39 is 0 Å². The number of hydrogen-bond donors (Lipinski definition) is 2. The predicted octanol–water partition coefficient (Wildman–Crippen LogP) is 4.95. The fraction of sp³-hybridized carbons (Fsp3) is 0.185. The molecule has 4 aromatic rings. The monoisotopic (exact) mass is 489 g/mol. The molecule has 1 heterocycles. The molecule has 1 aromatic heterocycles. The van der Waals surface area contributed by atoms with Gasteiger partial charge in [0.25, 0.3) is 5.56 Å². The molecule has 0 atom stereocenters. The van der Waals surface area contributed by atoms with Gasteiger partial charge in [-0.15, -0.1) is 0 Å². The average Bonchev–Trinajstić information content (AvgIpc) is 2.89. The second-order valence-corrected chi connectivity index (χ2v) is 8.30. The van der Waals surface area contributed by atoms with Gasteiger partial charge in [-0.25, -0.2) is 0 Å². The number of rotatable bonds is 8. The molecule has 180 valence electrons. The lowest BCUT2D eigenvalue weighted by atomic mass is 10.1. The van der Waals surface area contributed by atoms with E-state index >= 15 is 0 Å². The van der Waals surface area contributed by atoms with Crippen molar-refractivity contribution in [2.45, 2.75) is 13.1 Å². The number of ether oxygens (including phenoxy) is 3. The van der Waals surface area contributed by atoms with E-state index in [2.05, 4.69) is 10.3 Å². The van der Waals surface area contributed by atoms with Crippen LogP contribution >= 0.6 is 12.2 Å². The lowest BCUT2D eigenvalue weighted by Gasteiger charge is -2.26. The Morgan fingerprint density at radius 3 is 2.31 bits per heavy atom. The Morgan fingerprint density at radius 2 is 1.60 bits per heavy atom. The van der Waals surface area contributed by atoms with Crippen molar-refractivity contribution in [3.05, 3.63) is 94.3 Å². The number of aromatic amines is 1. The fourth-order valence-electron chi connectivity index (χ4n) is 3.77. The summed E-state index contributed by atoms with van der Waals surface area (Å²) >= 11 is 5.79. The first-order valence-electron chi connectivity index (χ1n) is 11.0. The molecule has 0 radical (unpaired) electrons. The number of anilines is 1. The lowest BCUT2D eigenvalue weighted by Crippen LogP contribution is -2.35. The molecule has 0 aliphatic rings. The van der Waals surface area contributed by atoms with Crippen LogP contribution in [-0.4, -0.2) is 36.3 Å². The zero-order chi connectivity index (χ0) is 24.8. The molecule has 7 nitrogen and oxygen atoms in total. The summed E-state index contributed by atoms with van der Waals surface area (Å²) in [5.41, 5.74) is 2.94. The third kappa shape index (κ3) is 5.73. The zero-order valence-corrected chi connectivity index (χ0v) is 20.6. The van der Waals surface area contributed by atoms with E-state index in [0.29, 0.717) is 29.5 Å². The van der Waals surface area contributed by atoms with Crippen LogP contribution in [0, 0.1) is 0 Å². The van der Waals surface area contributed by atoms with E-state index in [0.717, 1.165) is 33.7 Å². The van der Waals surface area contributed by atoms with Crippen molar-refractivity contribution in [3.63, 3.8) is 0 Å². The maximum atomic E-state index is 12.9. The molecule has 0 saturated heterocycles. The summed E-state index contributed by atoms with van der Waals surface area (Å²) in [7, 11) is 4.86. The van der Waals surface area contributed by atoms with Crippen molar-refractivity contribution >= 4 is 33.9 Å². The molecule has 2 N–H and O–H groups in total. The summed E-state index contributed by atoms with van der Waals surface area (Å²) in [5, 5.41) is 4.62. The number of pyridine rings is 1. The van der Waals surface area contributed by atoms with Gasteiger partial charge >= 0.3 is 0 Å². The summed E-state index contributed by atoms with van der Waals surface area (Å²) in [5.74, 6) is 2.17. The van der Waals surface area contributed by atoms with Gasteiger partial charge in [0.1, 0.15) is 17.2 Å². The van der Waals surface area contributed by atoms with Crippen molar-refractivity contribution in [1.82, 2.24) is 9.88 Å². The minimum atomic E-state index is -0.164. The fourth-order valence-corrected chi connectivity index (χ4v) is 4.01. The second-order valence-electron chi connectivity index (χ2n) is 7.91. The van der Waals surface area contributed by atoms with E-state index in [4.69, 9.17) is 26.4 Å². The van der Waals surface area contributed by atoms with Crippen molar-refractivity contribution in [1.29, 1.82) is 0 Å². The first-order chi connectivity index (χ1) is 17.0. The number of thiocarbonyl (C=S) groups is 1.